The van der Waals surface area contributed by atoms with Crippen LogP contribution in [0, 0.1) is 10.1 Å². The fraction of sp³-hybridized carbons (Fsp3) is 0.273. The summed E-state index contributed by atoms with van der Waals surface area (Å²) >= 11 is 0. The fourth-order valence-corrected chi connectivity index (χ4v) is 3.44. The van der Waals surface area contributed by atoms with Crippen LogP contribution in [0.2, 0.25) is 0 Å². The maximum Gasteiger partial charge on any atom is 0.293 e. The molecule has 0 radical (unpaired) electrons. The normalized spacial score (nSPS) is 13.6. The molecule has 3 aromatic rings. The van der Waals surface area contributed by atoms with Crippen molar-refractivity contribution < 1.29 is 9.66 Å². The molecule has 0 unspecified atom stereocenters. The number of aromatic nitrogens is 2. The average Bonchev–Trinajstić information content (AvgIpc) is 2.83. The maximum absolute atomic E-state index is 11.7. The Morgan fingerprint density at radius 1 is 1.13 bits per heavy atom. The van der Waals surface area contributed by atoms with Crippen LogP contribution in [0.3, 0.4) is 0 Å². The topological polar surface area (TPSA) is 96.7 Å². The monoisotopic (exact) mass is 420 g/mol. The predicted octanol–water partition coefficient (Wildman–Crippen LogP) is 3.60. The zero-order valence-corrected chi connectivity index (χ0v) is 17.3. The van der Waals surface area contributed by atoms with Crippen LogP contribution in [0.4, 0.5) is 28.7 Å². The fourth-order valence-electron chi connectivity index (χ4n) is 3.44. The van der Waals surface area contributed by atoms with Gasteiger partial charge in [-0.1, -0.05) is 24.3 Å². The molecule has 9 heteroatoms. The van der Waals surface area contributed by atoms with Crippen molar-refractivity contribution in [2.45, 2.75) is 6.54 Å². The van der Waals surface area contributed by atoms with Gasteiger partial charge in [0.05, 0.1) is 36.2 Å². The molecule has 1 aliphatic heterocycles. The molecule has 0 aliphatic carbocycles. The van der Waals surface area contributed by atoms with E-state index in [1.807, 2.05) is 48.3 Å². The highest BCUT2D eigenvalue weighted by atomic mass is 16.6. The third-order valence-electron chi connectivity index (χ3n) is 5.17. The molecular formula is C22H24N6O3. The molecule has 4 rings (SSSR count). The van der Waals surface area contributed by atoms with E-state index >= 15 is 0 Å². The Labute approximate surface area is 180 Å². The van der Waals surface area contributed by atoms with Crippen molar-refractivity contribution in [3.63, 3.8) is 0 Å². The molecular weight excluding hydrogens is 396 g/mol. The smallest absolute Gasteiger partial charge is 0.293 e. The lowest BCUT2D eigenvalue weighted by molar-refractivity contribution is -0.384. The van der Waals surface area contributed by atoms with Gasteiger partial charge in [0, 0.05) is 38.4 Å². The first-order chi connectivity index (χ1) is 15.1. The Bertz CT molecular complexity index is 1020. The number of nitro groups is 1. The van der Waals surface area contributed by atoms with Crippen LogP contribution in [0.25, 0.3) is 0 Å². The minimum atomic E-state index is -0.349. The SMILES string of the molecule is CN(c1ccccc1)c1ccc(CNc2cnc(N3CCOCC3)nc2)cc1[N+](=O)[O-]. The molecule has 2 heterocycles. The molecule has 0 bridgehead atoms. The van der Waals surface area contributed by atoms with Crippen LogP contribution >= 0.6 is 0 Å². The van der Waals surface area contributed by atoms with Gasteiger partial charge in [0.25, 0.3) is 5.69 Å². The van der Waals surface area contributed by atoms with Crippen LogP contribution in [0.15, 0.2) is 60.9 Å². The summed E-state index contributed by atoms with van der Waals surface area (Å²) in [6.45, 7) is 3.34. The van der Waals surface area contributed by atoms with Gasteiger partial charge in [-0.2, -0.15) is 0 Å². The second-order valence-electron chi connectivity index (χ2n) is 7.20. The Hall–Kier alpha value is -3.72. The highest BCUT2D eigenvalue weighted by molar-refractivity contribution is 5.72. The van der Waals surface area contributed by atoms with Gasteiger partial charge >= 0.3 is 0 Å². The molecule has 9 nitrogen and oxygen atoms in total. The molecule has 1 saturated heterocycles. The molecule has 2 aromatic carbocycles. The molecule has 31 heavy (non-hydrogen) atoms. The van der Waals surface area contributed by atoms with Gasteiger partial charge < -0.3 is 19.9 Å². The van der Waals surface area contributed by atoms with Crippen LogP contribution in [0.1, 0.15) is 5.56 Å². The Morgan fingerprint density at radius 3 is 2.52 bits per heavy atom. The zero-order valence-electron chi connectivity index (χ0n) is 17.3. The van der Waals surface area contributed by atoms with Crippen molar-refractivity contribution in [1.29, 1.82) is 0 Å². The summed E-state index contributed by atoms with van der Waals surface area (Å²) in [5.74, 6) is 0.679. The first-order valence-corrected chi connectivity index (χ1v) is 10.1. The number of nitro benzene ring substituents is 1. The van der Waals surface area contributed by atoms with Gasteiger partial charge in [0.2, 0.25) is 5.95 Å². The average molecular weight is 420 g/mol. The first kappa shape index (κ1) is 20.5. The minimum Gasteiger partial charge on any atom is -0.378 e. The van der Waals surface area contributed by atoms with E-state index in [0.29, 0.717) is 31.4 Å². The number of hydrogen-bond donors (Lipinski definition) is 1. The Balaban J connectivity index is 1.45. The largest absolute Gasteiger partial charge is 0.378 e. The lowest BCUT2D eigenvalue weighted by Crippen LogP contribution is -2.37. The van der Waals surface area contributed by atoms with E-state index in [1.165, 1.54) is 0 Å². The van der Waals surface area contributed by atoms with E-state index in [2.05, 4.69) is 20.2 Å². The highest BCUT2D eigenvalue weighted by Gasteiger charge is 2.19. The maximum atomic E-state index is 11.7. The van der Waals surface area contributed by atoms with Crippen LogP contribution < -0.4 is 15.1 Å². The Morgan fingerprint density at radius 2 is 1.84 bits per heavy atom. The molecule has 0 spiro atoms. The number of rotatable bonds is 7. The van der Waals surface area contributed by atoms with Crippen molar-refractivity contribution in [3.05, 3.63) is 76.6 Å². The molecule has 0 atom stereocenters. The number of nitrogens with one attached hydrogen (secondary N) is 1. The molecule has 1 aromatic heterocycles. The van der Waals surface area contributed by atoms with Crippen molar-refractivity contribution >= 4 is 28.7 Å². The van der Waals surface area contributed by atoms with Gasteiger partial charge in [-0.3, -0.25) is 10.1 Å². The van der Waals surface area contributed by atoms with E-state index < -0.39 is 0 Å². The lowest BCUT2D eigenvalue weighted by atomic mass is 10.1. The van der Waals surface area contributed by atoms with E-state index in [4.69, 9.17) is 4.74 Å². The summed E-state index contributed by atoms with van der Waals surface area (Å²) in [4.78, 5) is 24.1. The summed E-state index contributed by atoms with van der Waals surface area (Å²) < 4.78 is 5.35. The van der Waals surface area contributed by atoms with Gasteiger partial charge in [-0.25, -0.2) is 9.97 Å². The highest BCUT2D eigenvalue weighted by Crippen LogP contribution is 2.33. The number of ether oxygens (including phenoxy) is 1. The molecule has 1 N–H and O–H groups in total. The Kier molecular flexibility index (Phi) is 6.23. The van der Waals surface area contributed by atoms with Gasteiger partial charge in [0.1, 0.15) is 5.69 Å². The van der Waals surface area contributed by atoms with Crippen molar-refractivity contribution in [3.8, 4) is 0 Å². The molecule has 1 fully saturated rings. The minimum absolute atomic E-state index is 0.0598. The van der Waals surface area contributed by atoms with Crippen LogP contribution in [-0.2, 0) is 11.3 Å². The number of anilines is 4. The van der Waals surface area contributed by atoms with E-state index in [-0.39, 0.29) is 10.6 Å². The zero-order chi connectivity index (χ0) is 21.6. The number of nitrogens with zero attached hydrogens (tertiary/aromatic N) is 5. The molecule has 160 valence electrons. The second kappa shape index (κ2) is 9.40. The van der Waals surface area contributed by atoms with Crippen molar-refractivity contribution in [1.82, 2.24) is 9.97 Å². The van der Waals surface area contributed by atoms with Crippen LogP contribution in [0.5, 0.6) is 0 Å². The van der Waals surface area contributed by atoms with Gasteiger partial charge in [-0.15, -0.1) is 0 Å². The summed E-state index contributed by atoms with van der Waals surface area (Å²) in [7, 11) is 1.82. The molecule has 1 aliphatic rings. The van der Waals surface area contributed by atoms with Gasteiger partial charge in [0.15, 0.2) is 0 Å². The van der Waals surface area contributed by atoms with E-state index in [0.717, 1.165) is 30.0 Å². The quantitative estimate of drug-likeness (QED) is 0.457. The summed E-state index contributed by atoms with van der Waals surface area (Å²) in [6.07, 6.45) is 3.45. The molecule has 0 amide bonds. The standard InChI is InChI=1S/C22H24N6O3/c1-26(19-5-3-2-4-6-19)20-8-7-17(13-21(20)28(29)30)14-23-18-15-24-22(25-16-18)27-9-11-31-12-10-27/h2-8,13,15-16,23H,9-12,14H2,1H3. The first-order valence-electron chi connectivity index (χ1n) is 10.1. The number of para-hydroxylation sites is 1. The number of benzene rings is 2. The third-order valence-corrected chi connectivity index (χ3v) is 5.17. The molecule has 0 saturated carbocycles. The summed E-state index contributed by atoms with van der Waals surface area (Å²) in [5, 5.41) is 14.9. The van der Waals surface area contributed by atoms with Crippen LogP contribution in [-0.4, -0.2) is 48.2 Å². The van der Waals surface area contributed by atoms with Crippen molar-refractivity contribution in [2.24, 2.45) is 0 Å². The van der Waals surface area contributed by atoms with E-state index in [9.17, 15) is 10.1 Å². The van der Waals surface area contributed by atoms with E-state index in [1.54, 1.807) is 24.5 Å². The second-order valence-corrected chi connectivity index (χ2v) is 7.20. The summed E-state index contributed by atoms with van der Waals surface area (Å²) in [5.41, 5.74) is 3.04. The summed E-state index contributed by atoms with van der Waals surface area (Å²) in [6, 6.07) is 14.8. The van der Waals surface area contributed by atoms with Crippen molar-refractivity contribution in [2.75, 3.05) is 48.5 Å². The number of morpholine rings is 1. The number of hydrogen-bond acceptors (Lipinski definition) is 8. The lowest BCUT2D eigenvalue weighted by Gasteiger charge is -2.26. The predicted molar refractivity (Wildman–Crippen MR) is 120 cm³/mol. The third kappa shape index (κ3) is 4.89. The van der Waals surface area contributed by atoms with Gasteiger partial charge in [-0.05, 0) is 23.8 Å².